The maximum Gasteiger partial charge on any atom is 0.183 e. The summed E-state index contributed by atoms with van der Waals surface area (Å²) < 4.78 is 25.9. The minimum Gasteiger partial charge on any atom is -0.403 e. The van der Waals surface area contributed by atoms with Gasteiger partial charge in [-0.05, 0) is 25.0 Å². The Kier molecular flexibility index (Phi) is 6.07. The summed E-state index contributed by atoms with van der Waals surface area (Å²) in [6.45, 7) is 0. The Morgan fingerprint density at radius 2 is 1.96 bits per heavy atom. The maximum atomic E-state index is 13.0. The van der Waals surface area contributed by atoms with E-state index >= 15 is 0 Å². The first-order chi connectivity index (χ1) is 11.0. The fourth-order valence-electron chi connectivity index (χ4n) is 2.80. The van der Waals surface area contributed by atoms with Gasteiger partial charge in [0.1, 0.15) is 5.84 Å². The summed E-state index contributed by atoms with van der Waals surface area (Å²) in [6, 6.07) is 6.83. The first kappa shape index (κ1) is 17.8. The maximum absolute atomic E-state index is 13.0. The molecule has 7 heteroatoms. The van der Waals surface area contributed by atoms with E-state index in [0.717, 1.165) is 32.1 Å². The minimum absolute atomic E-state index is 0.234. The van der Waals surface area contributed by atoms with E-state index in [-0.39, 0.29) is 15.2 Å². The molecule has 0 saturated heterocycles. The minimum atomic E-state index is -3.39. The van der Waals surface area contributed by atoms with Crippen LogP contribution in [0.2, 0.25) is 0 Å². The number of nitrogens with one attached hydrogen (secondary N) is 1. The van der Waals surface area contributed by atoms with Gasteiger partial charge < -0.3 is 11.1 Å². The molecule has 0 spiro atoms. The Balaban J connectivity index is 2.37. The second-order valence-corrected chi connectivity index (χ2v) is 8.12. The average molecular weight is 356 g/mol. The average Bonchev–Trinajstić information content (AvgIpc) is 2.60. The summed E-state index contributed by atoms with van der Waals surface area (Å²) in [5.41, 5.74) is 5.88. The van der Waals surface area contributed by atoms with Gasteiger partial charge in [-0.15, -0.1) is 0 Å². The number of nitrogens with zero attached hydrogens (tertiary/aromatic N) is 1. The number of hydrogen-bond donors (Lipinski definition) is 2. The fraction of sp³-hybridized carbons (Fsp3) is 0.438. The molecule has 5 nitrogen and oxygen atoms in total. The number of aliphatic imine (C=N–C) groups is 1. The number of para-hydroxylation sites is 1. The molecule has 1 aliphatic rings. The van der Waals surface area contributed by atoms with Crippen molar-refractivity contribution < 1.29 is 8.42 Å². The van der Waals surface area contributed by atoms with E-state index in [0.29, 0.717) is 11.5 Å². The van der Waals surface area contributed by atoms with Crippen molar-refractivity contribution in [1.29, 1.82) is 0 Å². The third-order valence-electron chi connectivity index (χ3n) is 4.03. The number of hydrogen-bond acceptors (Lipinski definition) is 4. The smallest absolute Gasteiger partial charge is 0.183 e. The molecule has 0 amide bonds. The van der Waals surface area contributed by atoms with Crippen molar-refractivity contribution in [2.24, 2.45) is 10.7 Å². The van der Waals surface area contributed by atoms with Crippen LogP contribution in [-0.2, 0) is 9.84 Å². The van der Waals surface area contributed by atoms with Gasteiger partial charge in [-0.25, -0.2) is 8.42 Å². The van der Waals surface area contributed by atoms with Crippen LogP contribution >= 0.6 is 11.6 Å². The number of halogens is 1. The molecular weight excluding hydrogens is 334 g/mol. The molecule has 1 fully saturated rings. The van der Waals surface area contributed by atoms with E-state index in [1.807, 2.05) is 0 Å². The van der Waals surface area contributed by atoms with Crippen molar-refractivity contribution in [3.63, 3.8) is 0 Å². The van der Waals surface area contributed by atoms with Crippen molar-refractivity contribution in [3.05, 3.63) is 35.5 Å². The van der Waals surface area contributed by atoms with Gasteiger partial charge in [-0.1, -0.05) is 43.0 Å². The first-order valence-electron chi connectivity index (χ1n) is 7.65. The normalized spacial score (nSPS) is 18.0. The molecule has 126 valence electrons. The highest BCUT2D eigenvalue weighted by atomic mass is 35.5. The van der Waals surface area contributed by atoms with Crippen molar-refractivity contribution in [1.82, 2.24) is 0 Å². The van der Waals surface area contributed by atoms with Gasteiger partial charge in [0.15, 0.2) is 9.84 Å². The van der Waals surface area contributed by atoms with Gasteiger partial charge in [0, 0.05) is 13.2 Å². The standard InChI is InChI=1S/C16H22ClN3O2S/c1-19-16(13(17)11-18)20-14-9-5-6-10-15(14)23(21,22)12-7-3-2-4-8-12/h5-6,9-12H,2-4,7-8,18H2,1H3,(H,19,20). The number of sulfone groups is 1. The van der Waals surface area contributed by atoms with Gasteiger partial charge >= 0.3 is 0 Å². The highest BCUT2D eigenvalue weighted by Gasteiger charge is 2.30. The van der Waals surface area contributed by atoms with Crippen LogP contribution in [-0.4, -0.2) is 26.6 Å². The Hall–Kier alpha value is -1.53. The molecule has 3 N–H and O–H groups in total. The van der Waals surface area contributed by atoms with Crippen molar-refractivity contribution in [3.8, 4) is 0 Å². The Labute approximate surface area is 142 Å². The second kappa shape index (κ2) is 7.84. The Morgan fingerprint density at radius 1 is 1.30 bits per heavy atom. The number of anilines is 1. The van der Waals surface area contributed by atoms with E-state index in [9.17, 15) is 8.42 Å². The summed E-state index contributed by atoms with van der Waals surface area (Å²) in [5.74, 6) is 0.334. The lowest BCUT2D eigenvalue weighted by atomic mass is 10.0. The van der Waals surface area contributed by atoms with E-state index in [4.69, 9.17) is 17.3 Å². The molecule has 1 aromatic rings. The summed E-state index contributed by atoms with van der Waals surface area (Å²) in [5, 5.41) is 2.90. The van der Waals surface area contributed by atoms with Crippen LogP contribution in [0.1, 0.15) is 32.1 Å². The van der Waals surface area contributed by atoms with E-state index in [1.165, 1.54) is 6.20 Å². The van der Waals surface area contributed by atoms with Crippen molar-refractivity contribution in [2.75, 3.05) is 12.4 Å². The number of nitrogens with two attached hydrogens (primary N) is 1. The highest BCUT2D eigenvalue weighted by Crippen LogP contribution is 2.32. The lowest BCUT2D eigenvalue weighted by molar-refractivity contribution is 0.484. The van der Waals surface area contributed by atoms with Gasteiger partial charge in [-0.3, -0.25) is 4.99 Å². The molecule has 0 atom stereocenters. The summed E-state index contributed by atoms with van der Waals surface area (Å²) >= 11 is 5.99. The summed E-state index contributed by atoms with van der Waals surface area (Å²) in [7, 11) is -1.83. The first-order valence-corrected chi connectivity index (χ1v) is 9.57. The third-order valence-corrected chi connectivity index (χ3v) is 6.66. The number of amidine groups is 1. The molecule has 0 aliphatic heterocycles. The molecule has 0 heterocycles. The van der Waals surface area contributed by atoms with E-state index in [2.05, 4.69) is 10.3 Å². The third kappa shape index (κ3) is 4.06. The molecule has 1 aromatic carbocycles. The molecule has 0 unspecified atom stereocenters. The molecule has 0 aromatic heterocycles. The van der Waals surface area contributed by atoms with Gasteiger partial charge in [0.25, 0.3) is 0 Å². The predicted octanol–water partition coefficient (Wildman–Crippen LogP) is 3.27. The van der Waals surface area contributed by atoms with Crippen LogP contribution in [0, 0.1) is 0 Å². The summed E-state index contributed by atoms with van der Waals surface area (Å²) in [4.78, 5) is 4.31. The quantitative estimate of drug-likeness (QED) is 0.641. The molecule has 0 radical (unpaired) electrons. The molecule has 2 rings (SSSR count). The summed E-state index contributed by atoms with van der Waals surface area (Å²) in [6.07, 6.45) is 5.68. The predicted molar refractivity (Wildman–Crippen MR) is 95.6 cm³/mol. The zero-order valence-electron chi connectivity index (χ0n) is 13.1. The zero-order chi connectivity index (χ0) is 16.9. The van der Waals surface area contributed by atoms with Crippen LogP contribution in [0.5, 0.6) is 0 Å². The lowest BCUT2D eigenvalue weighted by Gasteiger charge is -2.23. The van der Waals surface area contributed by atoms with Gasteiger partial charge in [0.05, 0.1) is 20.9 Å². The SMILES string of the molecule is CN=C(Nc1ccccc1S(=O)(=O)C1CCCCC1)C(Cl)=CN. The monoisotopic (exact) mass is 355 g/mol. The fourth-order valence-corrected chi connectivity index (χ4v) is 4.94. The van der Waals surface area contributed by atoms with Crippen molar-refractivity contribution in [2.45, 2.75) is 42.2 Å². The number of rotatable bonds is 4. The second-order valence-electron chi connectivity index (χ2n) is 5.51. The highest BCUT2D eigenvalue weighted by molar-refractivity contribution is 7.92. The number of benzene rings is 1. The van der Waals surface area contributed by atoms with Crippen molar-refractivity contribution >= 4 is 33.0 Å². The Morgan fingerprint density at radius 3 is 2.57 bits per heavy atom. The molecule has 23 heavy (non-hydrogen) atoms. The van der Waals surface area contributed by atoms with Crippen LogP contribution in [0.15, 0.2) is 45.4 Å². The van der Waals surface area contributed by atoms with Gasteiger partial charge in [0.2, 0.25) is 0 Å². The van der Waals surface area contributed by atoms with Crippen LogP contribution in [0.3, 0.4) is 0 Å². The van der Waals surface area contributed by atoms with Crippen LogP contribution < -0.4 is 11.1 Å². The lowest BCUT2D eigenvalue weighted by Crippen LogP contribution is -2.25. The molecular formula is C16H22ClN3O2S. The van der Waals surface area contributed by atoms with Gasteiger partial charge in [-0.2, -0.15) is 0 Å². The van der Waals surface area contributed by atoms with E-state index in [1.54, 1.807) is 31.3 Å². The molecule has 1 aliphatic carbocycles. The van der Waals surface area contributed by atoms with Crippen LogP contribution in [0.25, 0.3) is 0 Å². The van der Waals surface area contributed by atoms with Crippen LogP contribution in [0.4, 0.5) is 5.69 Å². The topological polar surface area (TPSA) is 84.5 Å². The van der Waals surface area contributed by atoms with E-state index < -0.39 is 9.84 Å². The largest absolute Gasteiger partial charge is 0.403 e. The Bertz CT molecular complexity index is 708. The molecule has 0 bridgehead atoms. The zero-order valence-corrected chi connectivity index (χ0v) is 14.7. The molecule has 1 saturated carbocycles.